The summed E-state index contributed by atoms with van der Waals surface area (Å²) in [6.07, 6.45) is 5.50. The third kappa shape index (κ3) is 2.25. The molecule has 1 aromatic carbocycles. The van der Waals surface area contributed by atoms with E-state index >= 15 is 0 Å². The predicted molar refractivity (Wildman–Crippen MR) is 82.9 cm³/mol. The molecule has 1 saturated carbocycles. The molecule has 1 aromatic heterocycles. The van der Waals surface area contributed by atoms with Gasteiger partial charge in [-0.3, -0.25) is 10.1 Å². The van der Waals surface area contributed by atoms with Gasteiger partial charge >= 0.3 is 0 Å². The molecule has 1 amide bonds. The molecule has 2 aliphatic carbocycles. The molecular formula is C16H17N3OS. The highest BCUT2D eigenvalue weighted by Crippen LogP contribution is 2.46. The summed E-state index contributed by atoms with van der Waals surface area (Å²) in [5.41, 5.74) is 3.45. The Labute approximate surface area is 127 Å². The molecule has 4 nitrogen and oxygen atoms in total. The zero-order valence-electron chi connectivity index (χ0n) is 12.0. The van der Waals surface area contributed by atoms with Gasteiger partial charge in [0.15, 0.2) is 5.82 Å². The highest BCUT2D eigenvalue weighted by molar-refractivity contribution is 7.09. The molecule has 0 aliphatic heterocycles. The van der Waals surface area contributed by atoms with Crippen molar-refractivity contribution in [3.63, 3.8) is 0 Å². The first kappa shape index (κ1) is 13.0. The average molecular weight is 299 g/mol. The Bertz CT molecular complexity index is 718. The number of hydrogen-bond acceptors (Lipinski definition) is 4. The van der Waals surface area contributed by atoms with E-state index in [2.05, 4.69) is 27.7 Å². The number of hydrogen-bond donors (Lipinski definition) is 1. The molecule has 1 N–H and O–H groups in total. The second-order valence-corrected chi connectivity index (χ2v) is 6.99. The van der Waals surface area contributed by atoms with Gasteiger partial charge in [0.2, 0.25) is 5.13 Å². The molecule has 1 heterocycles. The van der Waals surface area contributed by atoms with Gasteiger partial charge in [-0.1, -0.05) is 19.1 Å². The van der Waals surface area contributed by atoms with Crippen molar-refractivity contribution in [1.29, 1.82) is 0 Å². The summed E-state index contributed by atoms with van der Waals surface area (Å²) in [6, 6.07) is 6.00. The lowest BCUT2D eigenvalue weighted by Crippen LogP contribution is -2.14. The maximum atomic E-state index is 12.5. The van der Waals surface area contributed by atoms with Gasteiger partial charge in [-0.25, -0.2) is 4.98 Å². The van der Waals surface area contributed by atoms with Crippen LogP contribution in [0.2, 0.25) is 0 Å². The molecule has 2 aromatic rings. The Morgan fingerprint density at radius 2 is 2.19 bits per heavy atom. The molecule has 0 atom stereocenters. The van der Waals surface area contributed by atoms with Crippen LogP contribution in [0.15, 0.2) is 18.2 Å². The first-order valence-electron chi connectivity index (χ1n) is 7.42. The predicted octanol–water partition coefficient (Wildman–Crippen LogP) is 3.33. The van der Waals surface area contributed by atoms with Crippen molar-refractivity contribution in [2.24, 2.45) is 0 Å². The van der Waals surface area contributed by atoms with Crippen molar-refractivity contribution in [2.75, 3.05) is 5.32 Å². The van der Waals surface area contributed by atoms with Crippen LogP contribution in [-0.4, -0.2) is 15.3 Å². The lowest BCUT2D eigenvalue weighted by atomic mass is 10.0. The summed E-state index contributed by atoms with van der Waals surface area (Å²) >= 11 is 1.28. The summed E-state index contributed by atoms with van der Waals surface area (Å²) in [7, 11) is 0. The van der Waals surface area contributed by atoms with E-state index in [4.69, 9.17) is 0 Å². The first-order chi connectivity index (χ1) is 10.2. The van der Waals surface area contributed by atoms with Crippen LogP contribution in [0, 0.1) is 0 Å². The van der Waals surface area contributed by atoms with E-state index in [1.54, 1.807) is 0 Å². The van der Waals surface area contributed by atoms with Crippen molar-refractivity contribution in [3.8, 4) is 0 Å². The normalized spacial score (nSPS) is 18.3. The van der Waals surface area contributed by atoms with Gasteiger partial charge in [0.05, 0.1) is 0 Å². The van der Waals surface area contributed by atoms with E-state index in [0.29, 0.717) is 5.13 Å². The minimum Gasteiger partial charge on any atom is -0.297 e. The van der Waals surface area contributed by atoms with Gasteiger partial charge in [-0.15, -0.1) is 0 Å². The standard InChI is InChI=1S/C16H17N3OS/c1-16(8-9-16)14-18-15(21-19-14)17-13(20)12-7-3-5-10-4-2-6-11(10)12/h3,5,7H,2,4,6,8-9H2,1H3,(H,17,18,19,20). The Kier molecular flexibility index (Phi) is 2.85. The number of nitrogens with one attached hydrogen (secondary N) is 1. The summed E-state index contributed by atoms with van der Waals surface area (Å²) in [5, 5.41) is 3.52. The molecule has 2 aliphatic rings. The average Bonchev–Trinajstić information content (AvgIpc) is 2.94. The van der Waals surface area contributed by atoms with Gasteiger partial charge in [-0.2, -0.15) is 4.37 Å². The van der Waals surface area contributed by atoms with Gasteiger partial charge in [0.1, 0.15) is 0 Å². The lowest BCUT2D eigenvalue weighted by Gasteiger charge is -2.07. The lowest BCUT2D eigenvalue weighted by molar-refractivity contribution is 0.102. The smallest absolute Gasteiger partial charge is 0.257 e. The van der Waals surface area contributed by atoms with Crippen LogP contribution in [-0.2, 0) is 18.3 Å². The van der Waals surface area contributed by atoms with Crippen molar-refractivity contribution < 1.29 is 4.79 Å². The highest BCUT2D eigenvalue weighted by Gasteiger charge is 2.42. The zero-order chi connectivity index (χ0) is 14.4. The van der Waals surface area contributed by atoms with Crippen LogP contribution in [0.25, 0.3) is 0 Å². The van der Waals surface area contributed by atoms with Gasteiger partial charge in [-0.05, 0) is 49.3 Å². The summed E-state index contributed by atoms with van der Waals surface area (Å²) < 4.78 is 4.38. The molecule has 0 bridgehead atoms. The maximum absolute atomic E-state index is 12.5. The number of aromatic nitrogens is 2. The zero-order valence-corrected chi connectivity index (χ0v) is 12.8. The van der Waals surface area contributed by atoms with Crippen molar-refractivity contribution >= 4 is 22.6 Å². The number of aryl methyl sites for hydroxylation is 1. The molecular weight excluding hydrogens is 282 g/mol. The van der Waals surface area contributed by atoms with E-state index in [0.717, 1.165) is 43.5 Å². The van der Waals surface area contributed by atoms with Crippen molar-refractivity contribution in [2.45, 2.75) is 44.4 Å². The van der Waals surface area contributed by atoms with Crippen LogP contribution in [0.1, 0.15) is 53.5 Å². The van der Waals surface area contributed by atoms with Gasteiger partial charge in [0.25, 0.3) is 5.91 Å². The SMILES string of the molecule is CC1(c2nsc(NC(=O)c3cccc4c3CCC4)n2)CC1. The molecule has 1 fully saturated rings. The van der Waals surface area contributed by atoms with Crippen LogP contribution < -0.4 is 5.32 Å². The van der Waals surface area contributed by atoms with Crippen molar-refractivity contribution in [3.05, 3.63) is 40.7 Å². The fourth-order valence-electron chi connectivity index (χ4n) is 2.93. The van der Waals surface area contributed by atoms with Crippen LogP contribution in [0.5, 0.6) is 0 Å². The number of amides is 1. The minimum atomic E-state index is -0.0580. The fourth-order valence-corrected chi connectivity index (χ4v) is 3.63. The van der Waals surface area contributed by atoms with E-state index in [9.17, 15) is 4.79 Å². The number of anilines is 1. The Morgan fingerprint density at radius 1 is 1.33 bits per heavy atom. The van der Waals surface area contributed by atoms with Crippen LogP contribution in [0.4, 0.5) is 5.13 Å². The van der Waals surface area contributed by atoms with Gasteiger partial charge in [0, 0.05) is 22.5 Å². The van der Waals surface area contributed by atoms with E-state index in [1.807, 2.05) is 12.1 Å². The number of benzene rings is 1. The molecule has 0 radical (unpaired) electrons. The number of carbonyl (C=O) groups is 1. The second-order valence-electron chi connectivity index (χ2n) is 6.23. The molecule has 108 valence electrons. The molecule has 5 heteroatoms. The van der Waals surface area contributed by atoms with Crippen LogP contribution >= 0.6 is 11.5 Å². The third-order valence-corrected chi connectivity index (χ3v) is 5.21. The van der Waals surface area contributed by atoms with E-state index in [1.165, 1.54) is 22.7 Å². The number of rotatable bonds is 3. The molecule has 0 unspecified atom stereocenters. The summed E-state index contributed by atoms with van der Waals surface area (Å²) in [6.45, 7) is 2.17. The van der Waals surface area contributed by atoms with E-state index in [-0.39, 0.29) is 11.3 Å². The number of fused-ring (bicyclic) bond motifs is 1. The molecule has 0 saturated heterocycles. The monoisotopic (exact) mass is 299 g/mol. The Hall–Kier alpha value is -1.75. The number of nitrogens with zero attached hydrogens (tertiary/aromatic N) is 2. The quantitative estimate of drug-likeness (QED) is 0.945. The topological polar surface area (TPSA) is 54.9 Å². The number of carbonyl (C=O) groups excluding carboxylic acids is 1. The first-order valence-corrected chi connectivity index (χ1v) is 8.19. The van der Waals surface area contributed by atoms with Gasteiger partial charge < -0.3 is 0 Å². The van der Waals surface area contributed by atoms with Crippen LogP contribution in [0.3, 0.4) is 0 Å². The fraction of sp³-hybridized carbons (Fsp3) is 0.438. The summed E-state index contributed by atoms with van der Waals surface area (Å²) in [4.78, 5) is 17.0. The Balaban J connectivity index is 1.56. The molecule has 0 spiro atoms. The van der Waals surface area contributed by atoms with Crippen molar-refractivity contribution in [1.82, 2.24) is 9.36 Å². The summed E-state index contributed by atoms with van der Waals surface area (Å²) in [5.74, 6) is 0.818. The molecule has 4 rings (SSSR count). The largest absolute Gasteiger partial charge is 0.297 e. The minimum absolute atomic E-state index is 0.0580. The van der Waals surface area contributed by atoms with E-state index < -0.39 is 0 Å². The maximum Gasteiger partial charge on any atom is 0.257 e. The third-order valence-electron chi connectivity index (χ3n) is 4.58. The highest BCUT2D eigenvalue weighted by atomic mass is 32.1. The second kappa shape index (κ2) is 4.63. The molecule has 21 heavy (non-hydrogen) atoms. The Morgan fingerprint density at radius 3 is 3.00 bits per heavy atom.